The number of hydrogen-bond donors (Lipinski definition) is 3. The fourth-order valence-electron chi connectivity index (χ4n) is 5.42. The second-order valence-electron chi connectivity index (χ2n) is 9.43. The molecule has 3 heterocycles. The molecule has 34 heavy (non-hydrogen) atoms. The predicted molar refractivity (Wildman–Crippen MR) is 134 cm³/mol. The van der Waals surface area contributed by atoms with Gasteiger partial charge in [0.25, 0.3) is 0 Å². The highest BCUT2D eigenvalue weighted by atomic mass is 32.2. The molecule has 0 aromatic heterocycles. The SMILES string of the molecule is NS(=O)(=O)c1c(CC2CCNCC2)ccc(-c2ccc(C3CCNCC3)cc2)c1C1=NCN=N1. The van der Waals surface area contributed by atoms with E-state index in [1.807, 2.05) is 12.1 Å². The monoisotopic (exact) mass is 480 g/mol. The number of sulfonamides is 1. The van der Waals surface area contributed by atoms with Gasteiger partial charge in [0.15, 0.2) is 12.5 Å². The van der Waals surface area contributed by atoms with Crippen LogP contribution in [0.2, 0.25) is 0 Å². The lowest BCUT2D eigenvalue weighted by Gasteiger charge is -2.25. The number of amidine groups is 1. The van der Waals surface area contributed by atoms with Crippen molar-refractivity contribution in [2.75, 3.05) is 32.8 Å². The Morgan fingerprint density at radius 3 is 2.21 bits per heavy atom. The lowest BCUT2D eigenvalue weighted by Crippen LogP contribution is -2.29. The van der Waals surface area contributed by atoms with E-state index in [0.29, 0.717) is 29.7 Å². The van der Waals surface area contributed by atoms with Gasteiger partial charge in [-0.05, 0) is 92.4 Å². The Morgan fingerprint density at radius 1 is 0.912 bits per heavy atom. The van der Waals surface area contributed by atoms with Gasteiger partial charge in [-0.3, -0.25) is 0 Å². The molecule has 0 atom stereocenters. The topological polar surface area (TPSA) is 121 Å². The van der Waals surface area contributed by atoms with E-state index >= 15 is 0 Å². The zero-order valence-corrected chi connectivity index (χ0v) is 20.2. The van der Waals surface area contributed by atoms with Crippen LogP contribution in [0.25, 0.3) is 11.1 Å². The lowest BCUT2D eigenvalue weighted by molar-refractivity contribution is 0.371. The molecule has 0 radical (unpaired) electrons. The molecule has 0 spiro atoms. The minimum absolute atomic E-state index is 0.144. The van der Waals surface area contributed by atoms with Crippen LogP contribution >= 0.6 is 0 Å². The number of hydrogen-bond acceptors (Lipinski definition) is 7. The van der Waals surface area contributed by atoms with Crippen molar-refractivity contribution in [3.05, 3.63) is 53.1 Å². The summed E-state index contributed by atoms with van der Waals surface area (Å²) in [5, 5.41) is 20.8. The van der Waals surface area contributed by atoms with E-state index in [2.05, 4.69) is 50.1 Å². The molecule has 0 aliphatic carbocycles. The molecule has 8 nitrogen and oxygen atoms in total. The van der Waals surface area contributed by atoms with E-state index in [1.54, 1.807) is 0 Å². The first-order valence-electron chi connectivity index (χ1n) is 12.1. The maximum Gasteiger partial charge on any atom is 0.239 e. The van der Waals surface area contributed by atoms with E-state index in [9.17, 15) is 8.42 Å². The molecular weight excluding hydrogens is 448 g/mol. The van der Waals surface area contributed by atoms with Crippen molar-refractivity contribution in [1.82, 2.24) is 10.6 Å². The van der Waals surface area contributed by atoms with E-state index < -0.39 is 10.0 Å². The Morgan fingerprint density at radius 2 is 1.59 bits per heavy atom. The second-order valence-corrected chi connectivity index (χ2v) is 10.9. The highest BCUT2D eigenvalue weighted by molar-refractivity contribution is 7.89. The van der Waals surface area contributed by atoms with Gasteiger partial charge in [0, 0.05) is 5.56 Å². The molecule has 0 bridgehead atoms. The molecule has 3 aliphatic heterocycles. The summed E-state index contributed by atoms with van der Waals surface area (Å²) in [5.74, 6) is 1.31. The third-order valence-electron chi connectivity index (χ3n) is 7.20. The average Bonchev–Trinajstić information content (AvgIpc) is 3.39. The quantitative estimate of drug-likeness (QED) is 0.588. The summed E-state index contributed by atoms with van der Waals surface area (Å²) in [6.07, 6.45) is 4.95. The molecule has 0 saturated carbocycles. The van der Waals surface area contributed by atoms with Gasteiger partial charge < -0.3 is 10.6 Å². The number of rotatable bonds is 6. The van der Waals surface area contributed by atoms with Crippen LogP contribution in [0.4, 0.5) is 0 Å². The molecule has 5 rings (SSSR count). The summed E-state index contributed by atoms with van der Waals surface area (Å²) in [4.78, 5) is 4.54. The molecule has 2 saturated heterocycles. The Balaban J connectivity index is 1.59. The number of nitrogens with one attached hydrogen (secondary N) is 2. The number of piperidine rings is 2. The first-order chi connectivity index (χ1) is 16.5. The van der Waals surface area contributed by atoms with Crippen molar-refractivity contribution < 1.29 is 8.42 Å². The van der Waals surface area contributed by atoms with E-state index in [0.717, 1.165) is 68.6 Å². The first kappa shape index (κ1) is 23.3. The maximum absolute atomic E-state index is 12.9. The molecule has 9 heteroatoms. The molecule has 2 fully saturated rings. The summed E-state index contributed by atoms with van der Waals surface area (Å²) in [6.45, 7) is 4.18. The average molecular weight is 481 g/mol. The van der Waals surface area contributed by atoms with Crippen molar-refractivity contribution in [2.45, 2.75) is 42.9 Å². The fraction of sp³-hybridized carbons (Fsp3) is 0.480. The predicted octanol–water partition coefficient (Wildman–Crippen LogP) is 3.18. The second kappa shape index (κ2) is 10.0. The summed E-state index contributed by atoms with van der Waals surface area (Å²) in [5.41, 5.74) is 4.23. The van der Waals surface area contributed by atoms with Crippen molar-refractivity contribution in [2.24, 2.45) is 26.3 Å². The Kier molecular flexibility index (Phi) is 6.87. The standard InChI is InChI=1S/C25H32N6O2S/c26-34(32,33)24-21(15-17-7-11-27-12-8-17)5-6-22(23(24)25-29-16-30-31-25)20-3-1-18(2-4-20)19-9-13-28-14-10-19/h1-6,17,19,27-28H,7-16H2,(H2,26,32,33). The zero-order chi connectivity index (χ0) is 23.5. The van der Waals surface area contributed by atoms with Gasteiger partial charge in [-0.2, -0.15) is 5.11 Å². The normalized spacial score (nSPS) is 20.0. The summed E-state index contributed by atoms with van der Waals surface area (Å²) >= 11 is 0. The minimum atomic E-state index is -4.01. The van der Waals surface area contributed by atoms with Crippen LogP contribution in [-0.2, 0) is 16.4 Å². The van der Waals surface area contributed by atoms with Gasteiger partial charge in [-0.15, -0.1) is 5.11 Å². The van der Waals surface area contributed by atoms with Crippen molar-refractivity contribution in [3.63, 3.8) is 0 Å². The lowest BCUT2D eigenvalue weighted by atomic mass is 9.87. The molecule has 3 aliphatic rings. The van der Waals surface area contributed by atoms with Crippen LogP contribution in [0.15, 0.2) is 56.5 Å². The van der Waals surface area contributed by atoms with Crippen LogP contribution in [0.3, 0.4) is 0 Å². The summed E-state index contributed by atoms with van der Waals surface area (Å²) < 4.78 is 25.9. The molecule has 0 unspecified atom stereocenters. The van der Waals surface area contributed by atoms with Crippen molar-refractivity contribution >= 4 is 15.9 Å². The third kappa shape index (κ3) is 4.98. The van der Waals surface area contributed by atoms with Gasteiger partial charge in [-0.1, -0.05) is 36.4 Å². The number of aliphatic imine (C=N–C) groups is 1. The van der Waals surface area contributed by atoms with E-state index in [-0.39, 0.29) is 11.6 Å². The minimum Gasteiger partial charge on any atom is -0.317 e. The Hall–Kier alpha value is -2.46. The summed E-state index contributed by atoms with van der Waals surface area (Å²) in [7, 11) is -4.01. The smallest absolute Gasteiger partial charge is 0.239 e. The molecule has 0 amide bonds. The maximum atomic E-state index is 12.9. The molecular formula is C25H32N6O2S. The highest BCUT2D eigenvalue weighted by Crippen LogP contribution is 2.36. The van der Waals surface area contributed by atoms with Gasteiger partial charge >= 0.3 is 0 Å². The summed E-state index contributed by atoms with van der Waals surface area (Å²) in [6, 6.07) is 12.4. The zero-order valence-electron chi connectivity index (χ0n) is 19.3. The molecule has 2 aromatic rings. The number of benzene rings is 2. The van der Waals surface area contributed by atoms with E-state index in [1.165, 1.54) is 5.56 Å². The number of primary sulfonamides is 1. The Labute approximate surface area is 201 Å². The Bertz CT molecular complexity index is 1190. The molecule has 2 aromatic carbocycles. The van der Waals surface area contributed by atoms with Crippen LogP contribution in [-0.4, -0.2) is 47.1 Å². The van der Waals surface area contributed by atoms with Gasteiger partial charge in [-0.25, -0.2) is 18.5 Å². The van der Waals surface area contributed by atoms with Gasteiger partial charge in [0.1, 0.15) is 0 Å². The van der Waals surface area contributed by atoms with Crippen LogP contribution in [0, 0.1) is 5.92 Å². The molecule has 4 N–H and O–H groups in total. The van der Waals surface area contributed by atoms with Crippen LogP contribution in [0.1, 0.15) is 48.3 Å². The number of azo groups is 1. The number of nitrogens with zero attached hydrogens (tertiary/aromatic N) is 3. The molecule has 180 valence electrons. The van der Waals surface area contributed by atoms with Crippen molar-refractivity contribution in [3.8, 4) is 11.1 Å². The third-order valence-corrected chi connectivity index (χ3v) is 8.23. The largest absolute Gasteiger partial charge is 0.317 e. The van der Waals surface area contributed by atoms with Crippen LogP contribution in [0.5, 0.6) is 0 Å². The van der Waals surface area contributed by atoms with Gasteiger partial charge in [0.05, 0.1) is 4.90 Å². The first-order valence-corrected chi connectivity index (χ1v) is 13.7. The van der Waals surface area contributed by atoms with E-state index in [4.69, 9.17) is 5.14 Å². The number of nitrogens with two attached hydrogens (primary N) is 1. The highest BCUT2D eigenvalue weighted by Gasteiger charge is 2.29. The van der Waals surface area contributed by atoms with Crippen LogP contribution < -0.4 is 15.8 Å². The fourth-order valence-corrected chi connectivity index (χ4v) is 6.42. The van der Waals surface area contributed by atoms with Gasteiger partial charge in [0.2, 0.25) is 10.0 Å². The van der Waals surface area contributed by atoms with Crippen molar-refractivity contribution in [1.29, 1.82) is 0 Å².